The third-order valence-electron chi connectivity index (χ3n) is 3.29. The Labute approximate surface area is 132 Å². The molecular weight excluding hydrogens is 321 g/mol. The standard InChI is InChI=1S/C14H17F3N2O2.ClH/c1-9(19-13(20)11-6-18-7-11)10-2-4-12(5-3-10)21-8-14(15,16)17;/h2-5,9,11,18H,6-8H2,1H3,(H,19,20);1H. The fourth-order valence-corrected chi connectivity index (χ4v) is 1.91. The highest BCUT2D eigenvalue weighted by Gasteiger charge is 2.28. The Morgan fingerprint density at radius 1 is 1.36 bits per heavy atom. The van der Waals surface area contributed by atoms with Crippen molar-refractivity contribution in [1.82, 2.24) is 10.6 Å². The molecule has 124 valence electrons. The molecule has 1 aliphatic heterocycles. The van der Waals surface area contributed by atoms with Crippen molar-refractivity contribution in [3.63, 3.8) is 0 Å². The molecule has 0 radical (unpaired) electrons. The van der Waals surface area contributed by atoms with Crippen LogP contribution in [0.4, 0.5) is 13.2 Å². The summed E-state index contributed by atoms with van der Waals surface area (Å²) in [6.07, 6.45) is -4.35. The van der Waals surface area contributed by atoms with Crippen LogP contribution in [0.3, 0.4) is 0 Å². The van der Waals surface area contributed by atoms with Gasteiger partial charge in [-0.15, -0.1) is 12.4 Å². The second-order valence-electron chi connectivity index (χ2n) is 5.06. The molecule has 0 saturated carbocycles. The number of alkyl halides is 3. The van der Waals surface area contributed by atoms with Crippen LogP contribution in [0.25, 0.3) is 0 Å². The average Bonchev–Trinajstić information content (AvgIpc) is 2.33. The first-order chi connectivity index (χ1) is 9.85. The number of halogens is 4. The third-order valence-corrected chi connectivity index (χ3v) is 3.29. The molecule has 4 nitrogen and oxygen atoms in total. The summed E-state index contributed by atoms with van der Waals surface area (Å²) in [6.45, 7) is 1.88. The van der Waals surface area contributed by atoms with Crippen LogP contribution in [0, 0.1) is 5.92 Å². The molecular formula is C14H18ClF3N2O2. The van der Waals surface area contributed by atoms with Crippen LogP contribution in [0.5, 0.6) is 5.75 Å². The van der Waals surface area contributed by atoms with E-state index in [0.29, 0.717) is 13.1 Å². The Balaban J connectivity index is 0.00000242. The lowest BCUT2D eigenvalue weighted by Gasteiger charge is -2.27. The quantitative estimate of drug-likeness (QED) is 0.867. The molecule has 2 N–H and O–H groups in total. The zero-order chi connectivity index (χ0) is 15.5. The number of amides is 1. The van der Waals surface area contributed by atoms with Gasteiger partial charge in [0.25, 0.3) is 0 Å². The highest BCUT2D eigenvalue weighted by Crippen LogP contribution is 2.21. The maximum absolute atomic E-state index is 12.0. The van der Waals surface area contributed by atoms with Crippen LogP contribution in [-0.2, 0) is 4.79 Å². The highest BCUT2D eigenvalue weighted by atomic mass is 35.5. The molecule has 1 aromatic rings. The highest BCUT2D eigenvalue weighted by molar-refractivity contribution is 5.85. The van der Waals surface area contributed by atoms with Gasteiger partial charge in [0, 0.05) is 13.1 Å². The van der Waals surface area contributed by atoms with Crippen LogP contribution < -0.4 is 15.4 Å². The van der Waals surface area contributed by atoms with Crippen molar-refractivity contribution in [1.29, 1.82) is 0 Å². The summed E-state index contributed by atoms with van der Waals surface area (Å²) in [7, 11) is 0. The SMILES string of the molecule is CC(NC(=O)C1CNC1)c1ccc(OCC(F)(F)F)cc1.Cl. The number of carbonyl (C=O) groups is 1. The van der Waals surface area contributed by atoms with E-state index in [4.69, 9.17) is 0 Å². The van der Waals surface area contributed by atoms with Crippen LogP contribution in [0.1, 0.15) is 18.5 Å². The van der Waals surface area contributed by atoms with Gasteiger partial charge in [-0.2, -0.15) is 13.2 Å². The van der Waals surface area contributed by atoms with E-state index in [-0.39, 0.29) is 36.0 Å². The molecule has 1 fully saturated rings. The fraction of sp³-hybridized carbons (Fsp3) is 0.500. The Bertz CT molecular complexity index is 490. The number of nitrogens with one attached hydrogen (secondary N) is 2. The molecule has 1 saturated heterocycles. The zero-order valence-corrected chi connectivity index (χ0v) is 12.8. The Kier molecular flexibility index (Phi) is 6.49. The Hall–Kier alpha value is -1.47. The first-order valence-corrected chi connectivity index (χ1v) is 6.66. The van der Waals surface area contributed by atoms with Gasteiger partial charge in [-0.1, -0.05) is 12.1 Å². The number of rotatable bonds is 5. The van der Waals surface area contributed by atoms with Crippen molar-refractivity contribution in [2.24, 2.45) is 5.92 Å². The minimum absolute atomic E-state index is 0. The van der Waals surface area contributed by atoms with Crippen molar-refractivity contribution >= 4 is 18.3 Å². The Morgan fingerprint density at radius 3 is 2.41 bits per heavy atom. The summed E-state index contributed by atoms with van der Waals surface area (Å²) >= 11 is 0. The van der Waals surface area contributed by atoms with E-state index in [1.165, 1.54) is 12.1 Å². The van der Waals surface area contributed by atoms with Crippen LogP contribution in [0.15, 0.2) is 24.3 Å². The number of hydrogen-bond donors (Lipinski definition) is 2. The van der Waals surface area contributed by atoms with Gasteiger partial charge in [-0.3, -0.25) is 4.79 Å². The van der Waals surface area contributed by atoms with Crippen molar-refractivity contribution in [2.75, 3.05) is 19.7 Å². The second-order valence-corrected chi connectivity index (χ2v) is 5.06. The molecule has 2 rings (SSSR count). The van der Waals surface area contributed by atoms with Crippen molar-refractivity contribution in [2.45, 2.75) is 19.1 Å². The van der Waals surface area contributed by atoms with E-state index in [2.05, 4.69) is 15.4 Å². The first-order valence-electron chi connectivity index (χ1n) is 6.66. The van der Waals surface area contributed by atoms with E-state index in [1.807, 2.05) is 6.92 Å². The zero-order valence-electron chi connectivity index (χ0n) is 11.9. The molecule has 1 aliphatic rings. The number of carbonyl (C=O) groups excluding carboxylic acids is 1. The third kappa shape index (κ3) is 5.38. The van der Waals surface area contributed by atoms with Gasteiger partial charge < -0.3 is 15.4 Å². The van der Waals surface area contributed by atoms with Crippen LogP contribution in [-0.4, -0.2) is 31.8 Å². The number of benzene rings is 1. The lowest BCUT2D eigenvalue weighted by molar-refractivity contribution is -0.153. The molecule has 22 heavy (non-hydrogen) atoms. The lowest BCUT2D eigenvalue weighted by atomic mass is 10.0. The molecule has 0 spiro atoms. The average molecular weight is 339 g/mol. The monoisotopic (exact) mass is 338 g/mol. The normalized spacial score (nSPS) is 16.2. The minimum Gasteiger partial charge on any atom is -0.484 e. The molecule has 1 unspecified atom stereocenters. The fourth-order valence-electron chi connectivity index (χ4n) is 1.91. The summed E-state index contributed by atoms with van der Waals surface area (Å²) in [5.41, 5.74) is 0.815. The maximum Gasteiger partial charge on any atom is 0.422 e. The van der Waals surface area contributed by atoms with Gasteiger partial charge in [0.1, 0.15) is 5.75 Å². The molecule has 1 amide bonds. The van der Waals surface area contributed by atoms with Gasteiger partial charge in [0.15, 0.2) is 6.61 Å². The summed E-state index contributed by atoms with van der Waals surface area (Å²) in [4.78, 5) is 11.8. The van der Waals surface area contributed by atoms with Crippen LogP contribution in [0.2, 0.25) is 0 Å². The Morgan fingerprint density at radius 2 is 1.95 bits per heavy atom. The lowest BCUT2D eigenvalue weighted by Crippen LogP contribution is -2.51. The molecule has 1 aromatic carbocycles. The van der Waals surface area contributed by atoms with E-state index in [1.54, 1.807) is 12.1 Å². The molecule has 1 atom stereocenters. The molecule has 8 heteroatoms. The topological polar surface area (TPSA) is 50.4 Å². The van der Waals surface area contributed by atoms with Crippen molar-refractivity contribution in [3.8, 4) is 5.75 Å². The smallest absolute Gasteiger partial charge is 0.422 e. The first kappa shape index (κ1) is 18.6. The van der Waals surface area contributed by atoms with Gasteiger partial charge in [-0.25, -0.2) is 0 Å². The van der Waals surface area contributed by atoms with E-state index >= 15 is 0 Å². The summed E-state index contributed by atoms with van der Waals surface area (Å²) in [6, 6.07) is 6.03. The van der Waals surface area contributed by atoms with Gasteiger partial charge in [0.05, 0.1) is 12.0 Å². The largest absolute Gasteiger partial charge is 0.484 e. The van der Waals surface area contributed by atoms with Gasteiger partial charge in [-0.05, 0) is 24.6 Å². The minimum atomic E-state index is -4.35. The van der Waals surface area contributed by atoms with Gasteiger partial charge in [0.2, 0.25) is 5.91 Å². The van der Waals surface area contributed by atoms with Crippen LogP contribution >= 0.6 is 12.4 Å². The summed E-state index contributed by atoms with van der Waals surface area (Å²) in [5, 5.41) is 5.89. The summed E-state index contributed by atoms with van der Waals surface area (Å²) < 4.78 is 40.7. The van der Waals surface area contributed by atoms with Gasteiger partial charge >= 0.3 is 6.18 Å². The van der Waals surface area contributed by atoms with E-state index in [0.717, 1.165) is 5.56 Å². The molecule has 1 heterocycles. The molecule has 0 bridgehead atoms. The molecule has 0 aliphatic carbocycles. The number of ether oxygens (including phenoxy) is 1. The van der Waals surface area contributed by atoms with E-state index in [9.17, 15) is 18.0 Å². The predicted octanol–water partition coefficient (Wildman–Crippen LogP) is 2.45. The van der Waals surface area contributed by atoms with Crippen molar-refractivity contribution < 1.29 is 22.7 Å². The predicted molar refractivity (Wildman–Crippen MR) is 78.2 cm³/mol. The maximum atomic E-state index is 12.0. The summed E-state index contributed by atoms with van der Waals surface area (Å²) in [5.74, 6) is 0.137. The second kappa shape index (κ2) is 7.69. The number of hydrogen-bond acceptors (Lipinski definition) is 3. The van der Waals surface area contributed by atoms with Crippen molar-refractivity contribution in [3.05, 3.63) is 29.8 Å². The van der Waals surface area contributed by atoms with E-state index < -0.39 is 12.8 Å². The molecule has 0 aromatic heterocycles.